The number of carbonyl (C=O) groups is 2. The van der Waals surface area contributed by atoms with E-state index in [4.69, 9.17) is 9.47 Å². The van der Waals surface area contributed by atoms with E-state index in [1.54, 1.807) is 19.1 Å². The van der Waals surface area contributed by atoms with E-state index in [0.29, 0.717) is 49.8 Å². The van der Waals surface area contributed by atoms with Gasteiger partial charge < -0.3 is 19.3 Å². The van der Waals surface area contributed by atoms with Crippen molar-refractivity contribution < 1.29 is 19.1 Å². The SMILES string of the molecule is COc1ccc(CC(=O)N2CCN(C(=O)c3cc4n(n3)CCCC4)CC2)cc1OC. The van der Waals surface area contributed by atoms with Crippen LogP contribution in [0.5, 0.6) is 11.5 Å². The zero-order chi connectivity index (χ0) is 21.1. The third-order valence-corrected chi connectivity index (χ3v) is 5.86. The molecule has 0 unspecified atom stereocenters. The minimum absolute atomic E-state index is 0.0381. The van der Waals surface area contributed by atoms with Crippen LogP contribution >= 0.6 is 0 Å². The smallest absolute Gasteiger partial charge is 0.274 e. The number of aromatic nitrogens is 2. The molecule has 3 heterocycles. The summed E-state index contributed by atoms with van der Waals surface area (Å²) in [4.78, 5) is 29.2. The number of carbonyl (C=O) groups excluding carboxylic acids is 2. The molecule has 2 aliphatic rings. The lowest BCUT2D eigenvalue weighted by Gasteiger charge is -2.34. The molecule has 2 amide bonds. The number of nitrogens with zero attached hydrogens (tertiary/aromatic N) is 4. The minimum Gasteiger partial charge on any atom is -0.493 e. The largest absolute Gasteiger partial charge is 0.493 e. The van der Waals surface area contributed by atoms with Gasteiger partial charge in [0.05, 0.1) is 20.6 Å². The first-order valence-electron chi connectivity index (χ1n) is 10.4. The Morgan fingerprint density at radius 2 is 1.67 bits per heavy atom. The summed E-state index contributed by atoms with van der Waals surface area (Å²) >= 11 is 0. The van der Waals surface area contributed by atoms with E-state index in [-0.39, 0.29) is 11.8 Å². The predicted octanol–water partition coefficient (Wildman–Crippen LogP) is 1.76. The number of aryl methyl sites for hydroxylation is 2. The maximum absolute atomic E-state index is 12.8. The van der Waals surface area contributed by atoms with E-state index >= 15 is 0 Å². The van der Waals surface area contributed by atoms with Crippen molar-refractivity contribution in [3.8, 4) is 11.5 Å². The molecule has 0 aliphatic carbocycles. The number of piperazine rings is 1. The Bertz CT molecular complexity index is 908. The average Bonchev–Trinajstić information content (AvgIpc) is 3.23. The fourth-order valence-electron chi connectivity index (χ4n) is 4.12. The summed E-state index contributed by atoms with van der Waals surface area (Å²) in [5.41, 5.74) is 2.55. The first kappa shape index (κ1) is 20.3. The van der Waals surface area contributed by atoms with Gasteiger partial charge in [0.15, 0.2) is 17.2 Å². The summed E-state index contributed by atoms with van der Waals surface area (Å²) in [5, 5.41) is 4.49. The second kappa shape index (κ2) is 8.77. The molecule has 4 rings (SSSR count). The van der Waals surface area contributed by atoms with Crippen molar-refractivity contribution in [2.45, 2.75) is 32.2 Å². The van der Waals surface area contributed by atoms with Crippen molar-refractivity contribution in [2.75, 3.05) is 40.4 Å². The Morgan fingerprint density at radius 1 is 0.933 bits per heavy atom. The standard InChI is InChI=1S/C22H28N4O4/c1-29-19-7-6-16(13-20(19)30-2)14-21(27)24-9-11-25(12-10-24)22(28)18-15-17-5-3-4-8-26(17)23-18/h6-7,13,15H,3-5,8-12,14H2,1-2H3. The Morgan fingerprint density at radius 3 is 2.37 bits per heavy atom. The molecule has 1 fully saturated rings. The fourth-order valence-corrected chi connectivity index (χ4v) is 4.12. The van der Waals surface area contributed by atoms with Gasteiger partial charge in [-0.2, -0.15) is 5.10 Å². The van der Waals surface area contributed by atoms with Gasteiger partial charge in [-0.1, -0.05) is 6.07 Å². The Kier molecular flexibility index (Phi) is 5.92. The number of fused-ring (bicyclic) bond motifs is 1. The Labute approximate surface area is 176 Å². The summed E-state index contributed by atoms with van der Waals surface area (Å²) in [6, 6.07) is 7.44. The molecule has 1 aromatic heterocycles. The van der Waals surface area contributed by atoms with Gasteiger partial charge >= 0.3 is 0 Å². The summed E-state index contributed by atoms with van der Waals surface area (Å²) in [6.07, 6.45) is 3.55. The monoisotopic (exact) mass is 412 g/mol. The van der Waals surface area contributed by atoms with Crippen molar-refractivity contribution in [1.29, 1.82) is 0 Å². The van der Waals surface area contributed by atoms with Gasteiger partial charge in [-0.3, -0.25) is 14.3 Å². The molecule has 0 atom stereocenters. The lowest BCUT2D eigenvalue weighted by Crippen LogP contribution is -2.51. The molecule has 160 valence electrons. The third kappa shape index (κ3) is 4.13. The third-order valence-electron chi connectivity index (χ3n) is 5.86. The molecule has 0 radical (unpaired) electrons. The quantitative estimate of drug-likeness (QED) is 0.748. The molecule has 8 heteroatoms. The van der Waals surface area contributed by atoms with Crippen LogP contribution in [0.15, 0.2) is 24.3 Å². The summed E-state index contributed by atoms with van der Waals surface area (Å²) in [5.74, 6) is 1.26. The van der Waals surface area contributed by atoms with Gasteiger partial charge in [0.25, 0.3) is 5.91 Å². The lowest BCUT2D eigenvalue weighted by atomic mass is 10.1. The molecule has 0 N–H and O–H groups in total. The summed E-state index contributed by atoms with van der Waals surface area (Å²) in [7, 11) is 3.17. The van der Waals surface area contributed by atoms with Crippen LogP contribution < -0.4 is 9.47 Å². The first-order chi connectivity index (χ1) is 14.6. The molecule has 8 nitrogen and oxygen atoms in total. The van der Waals surface area contributed by atoms with Gasteiger partial charge in [-0.15, -0.1) is 0 Å². The highest BCUT2D eigenvalue weighted by atomic mass is 16.5. The number of amides is 2. The highest BCUT2D eigenvalue weighted by molar-refractivity contribution is 5.92. The normalized spacial score (nSPS) is 16.2. The molecule has 1 saturated heterocycles. The minimum atomic E-state index is -0.0381. The van der Waals surface area contributed by atoms with Gasteiger partial charge in [-0.05, 0) is 43.0 Å². The predicted molar refractivity (Wildman–Crippen MR) is 111 cm³/mol. The van der Waals surface area contributed by atoms with Crippen LogP contribution in [0.3, 0.4) is 0 Å². The van der Waals surface area contributed by atoms with Crippen molar-refractivity contribution in [2.24, 2.45) is 0 Å². The van der Waals surface area contributed by atoms with Gasteiger partial charge in [0, 0.05) is 38.4 Å². The topological polar surface area (TPSA) is 76.9 Å². The van der Waals surface area contributed by atoms with Crippen LogP contribution in [0, 0.1) is 0 Å². The molecule has 0 spiro atoms. The Balaban J connectivity index is 1.33. The molecule has 2 aromatic rings. The fraction of sp³-hybridized carbons (Fsp3) is 0.500. The first-order valence-corrected chi connectivity index (χ1v) is 10.4. The van der Waals surface area contributed by atoms with E-state index in [1.807, 2.05) is 33.8 Å². The summed E-state index contributed by atoms with van der Waals surface area (Å²) in [6.45, 7) is 3.01. The second-order valence-electron chi connectivity index (χ2n) is 7.74. The van der Waals surface area contributed by atoms with E-state index in [2.05, 4.69) is 5.10 Å². The van der Waals surface area contributed by atoms with Crippen molar-refractivity contribution >= 4 is 11.8 Å². The highest BCUT2D eigenvalue weighted by Gasteiger charge is 2.27. The Hall–Kier alpha value is -3.03. The number of ether oxygens (including phenoxy) is 2. The van der Waals surface area contributed by atoms with Crippen molar-refractivity contribution in [1.82, 2.24) is 19.6 Å². The van der Waals surface area contributed by atoms with E-state index < -0.39 is 0 Å². The zero-order valence-corrected chi connectivity index (χ0v) is 17.6. The average molecular weight is 412 g/mol. The molecular weight excluding hydrogens is 384 g/mol. The van der Waals surface area contributed by atoms with Gasteiger partial charge in [0.1, 0.15) is 0 Å². The van der Waals surface area contributed by atoms with Crippen LogP contribution in [0.1, 0.15) is 34.6 Å². The molecule has 30 heavy (non-hydrogen) atoms. The van der Waals surface area contributed by atoms with Crippen molar-refractivity contribution in [3.05, 3.63) is 41.2 Å². The number of benzene rings is 1. The number of methoxy groups -OCH3 is 2. The summed E-state index contributed by atoms with van der Waals surface area (Å²) < 4.78 is 12.5. The van der Waals surface area contributed by atoms with E-state index in [9.17, 15) is 9.59 Å². The van der Waals surface area contributed by atoms with Gasteiger partial charge in [0.2, 0.25) is 5.91 Å². The number of hydrogen-bond donors (Lipinski definition) is 0. The molecular formula is C22H28N4O4. The number of rotatable bonds is 5. The second-order valence-corrected chi connectivity index (χ2v) is 7.74. The van der Waals surface area contributed by atoms with Crippen LogP contribution in [-0.4, -0.2) is 71.8 Å². The van der Waals surface area contributed by atoms with E-state index in [1.165, 1.54) is 0 Å². The molecule has 1 aromatic carbocycles. The van der Waals surface area contributed by atoms with Crippen LogP contribution in [0.4, 0.5) is 0 Å². The van der Waals surface area contributed by atoms with Crippen LogP contribution in [0.25, 0.3) is 0 Å². The van der Waals surface area contributed by atoms with Crippen LogP contribution in [0.2, 0.25) is 0 Å². The number of hydrogen-bond acceptors (Lipinski definition) is 5. The van der Waals surface area contributed by atoms with Gasteiger partial charge in [-0.25, -0.2) is 0 Å². The molecule has 2 aliphatic heterocycles. The molecule has 0 saturated carbocycles. The highest BCUT2D eigenvalue weighted by Crippen LogP contribution is 2.28. The molecule has 0 bridgehead atoms. The van der Waals surface area contributed by atoms with Crippen LogP contribution in [-0.2, 0) is 24.2 Å². The zero-order valence-electron chi connectivity index (χ0n) is 17.6. The van der Waals surface area contributed by atoms with E-state index in [0.717, 1.165) is 37.1 Å². The lowest BCUT2D eigenvalue weighted by molar-refractivity contribution is -0.131. The van der Waals surface area contributed by atoms with Crippen molar-refractivity contribution in [3.63, 3.8) is 0 Å². The maximum atomic E-state index is 12.8. The maximum Gasteiger partial charge on any atom is 0.274 e.